The Bertz CT molecular complexity index is 1140. The van der Waals surface area contributed by atoms with Crippen molar-refractivity contribution in [2.75, 3.05) is 5.32 Å². The third kappa shape index (κ3) is 3.35. The molecule has 0 radical (unpaired) electrons. The Morgan fingerprint density at radius 1 is 1.07 bits per heavy atom. The van der Waals surface area contributed by atoms with Crippen LogP contribution in [0.5, 0.6) is 0 Å². The van der Waals surface area contributed by atoms with E-state index in [0.29, 0.717) is 11.5 Å². The van der Waals surface area contributed by atoms with Crippen molar-refractivity contribution in [1.29, 1.82) is 0 Å². The first-order chi connectivity index (χ1) is 13.5. The van der Waals surface area contributed by atoms with Crippen molar-refractivity contribution in [2.24, 2.45) is 5.73 Å². The molecular formula is C21H18FN5O. The summed E-state index contributed by atoms with van der Waals surface area (Å²) in [6, 6.07) is 13.0. The van der Waals surface area contributed by atoms with E-state index in [-0.39, 0.29) is 11.7 Å². The van der Waals surface area contributed by atoms with Gasteiger partial charge in [0.15, 0.2) is 0 Å². The van der Waals surface area contributed by atoms with Crippen LogP contribution in [0.25, 0.3) is 33.4 Å². The van der Waals surface area contributed by atoms with Crippen molar-refractivity contribution >= 4 is 22.8 Å². The summed E-state index contributed by atoms with van der Waals surface area (Å²) in [5.41, 5.74) is 9.73. The second-order valence-corrected chi connectivity index (χ2v) is 6.49. The molecule has 3 heterocycles. The van der Waals surface area contributed by atoms with Gasteiger partial charge in [0, 0.05) is 23.3 Å². The Labute approximate surface area is 160 Å². The zero-order valence-electron chi connectivity index (χ0n) is 15.1. The number of anilines is 1. The largest absolute Gasteiger partial charge is 0.339 e. The first kappa shape index (κ1) is 17.8. The van der Waals surface area contributed by atoms with Gasteiger partial charge >= 0.3 is 0 Å². The van der Waals surface area contributed by atoms with Crippen molar-refractivity contribution in [1.82, 2.24) is 15.0 Å². The van der Waals surface area contributed by atoms with Crippen molar-refractivity contribution in [3.63, 3.8) is 0 Å². The number of amides is 1. The Morgan fingerprint density at radius 3 is 2.46 bits per heavy atom. The number of hydrogen-bond acceptors (Lipinski definition) is 4. The molecule has 0 spiro atoms. The number of H-pyrrole nitrogens is 1. The highest BCUT2D eigenvalue weighted by Crippen LogP contribution is 2.38. The second-order valence-electron chi connectivity index (χ2n) is 6.49. The first-order valence-electron chi connectivity index (χ1n) is 8.78. The maximum atomic E-state index is 13.4. The number of nitrogens with zero attached hydrogens (tertiary/aromatic N) is 2. The monoisotopic (exact) mass is 375 g/mol. The van der Waals surface area contributed by atoms with E-state index in [0.717, 1.165) is 27.8 Å². The van der Waals surface area contributed by atoms with E-state index >= 15 is 0 Å². The van der Waals surface area contributed by atoms with Crippen LogP contribution in [-0.2, 0) is 4.79 Å². The van der Waals surface area contributed by atoms with Crippen molar-refractivity contribution in [2.45, 2.75) is 13.0 Å². The van der Waals surface area contributed by atoms with Crippen LogP contribution >= 0.6 is 0 Å². The third-order valence-corrected chi connectivity index (χ3v) is 4.42. The number of benzene rings is 1. The molecule has 1 aromatic carbocycles. The Balaban J connectivity index is 1.89. The molecule has 140 valence electrons. The number of aromatic amines is 1. The number of pyridine rings is 2. The summed E-state index contributed by atoms with van der Waals surface area (Å²) in [5, 5.41) is 3.57. The van der Waals surface area contributed by atoms with Gasteiger partial charge in [-0.3, -0.25) is 9.78 Å². The van der Waals surface area contributed by atoms with E-state index in [9.17, 15) is 9.18 Å². The van der Waals surface area contributed by atoms with Gasteiger partial charge in [0.25, 0.3) is 0 Å². The van der Waals surface area contributed by atoms with E-state index in [1.54, 1.807) is 37.5 Å². The first-order valence-corrected chi connectivity index (χ1v) is 8.78. The van der Waals surface area contributed by atoms with E-state index in [2.05, 4.69) is 20.3 Å². The Morgan fingerprint density at radius 2 is 1.79 bits per heavy atom. The van der Waals surface area contributed by atoms with E-state index in [1.807, 2.05) is 18.2 Å². The summed E-state index contributed by atoms with van der Waals surface area (Å²) in [5.74, 6) is -0.209. The lowest BCUT2D eigenvalue weighted by Gasteiger charge is -2.07. The van der Waals surface area contributed by atoms with Gasteiger partial charge in [-0.15, -0.1) is 0 Å². The molecule has 0 saturated heterocycles. The smallest absolute Gasteiger partial charge is 0.242 e. The number of nitrogens with two attached hydrogens (primary N) is 1. The minimum atomic E-state index is -0.636. The van der Waals surface area contributed by atoms with Crippen LogP contribution in [0.2, 0.25) is 0 Å². The highest BCUT2D eigenvalue weighted by atomic mass is 19.1. The normalized spacial score (nSPS) is 12.1. The molecule has 4 rings (SSSR count). The average Bonchev–Trinajstić information content (AvgIpc) is 3.07. The van der Waals surface area contributed by atoms with E-state index < -0.39 is 6.04 Å². The number of carbonyl (C=O) groups excluding carboxylic acids is 1. The number of rotatable bonds is 4. The number of carbonyl (C=O) groups is 1. The van der Waals surface area contributed by atoms with Gasteiger partial charge in [-0.05, 0) is 66.6 Å². The lowest BCUT2D eigenvalue weighted by molar-refractivity contribution is -0.117. The number of hydrogen-bond donors (Lipinski definition) is 3. The molecule has 0 fully saturated rings. The second kappa shape index (κ2) is 7.21. The van der Waals surface area contributed by atoms with Crippen LogP contribution in [0.4, 0.5) is 10.2 Å². The molecule has 4 N–H and O–H groups in total. The van der Waals surface area contributed by atoms with Crippen LogP contribution in [-0.4, -0.2) is 26.9 Å². The zero-order valence-corrected chi connectivity index (χ0v) is 15.1. The summed E-state index contributed by atoms with van der Waals surface area (Å²) in [6.07, 6.45) is 3.43. The van der Waals surface area contributed by atoms with E-state index in [4.69, 9.17) is 5.73 Å². The minimum Gasteiger partial charge on any atom is -0.339 e. The van der Waals surface area contributed by atoms with Crippen LogP contribution in [0.15, 0.2) is 60.9 Å². The molecule has 0 unspecified atom stereocenters. The molecular weight excluding hydrogens is 357 g/mol. The van der Waals surface area contributed by atoms with Gasteiger partial charge in [0.05, 0.1) is 11.7 Å². The molecule has 28 heavy (non-hydrogen) atoms. The Kier molecular flexibility index (Phi) is 4.58. The quantitative estimate of drug-likeness (QED) is 0.506. The third-order valence-electron chi connectivity index (χ3n) is 4.42. The van der Waals surface area contributed by atoms with Gasteiger partial charge in [0.2, 0.25) is 5.91 Å². The number of halogens is 1. The number of fused-ring (bicyclic) bond motifs is 1. The zero-order chi connectivity index (χ0) is 19.7. The summed E-state index contributed by atoms with van der Waals surface area (Å²) >= 11 is 0. The van der Waals surface area contributed by atoms with Crippen molar-refractivity contribution in [3.8, 4) is 22.4 Å². The topological polar surface area (TPSA) is 96.7 Å². The maximum absolute atomic E-state index is 13.4. The molecule has 0 saturated carbocycles. The summed E-state index contributed by atoms with van der Waals surface area (Å²) in [7, 11) is 0. The van der Waals surface area contributed by atoms with Crippen LogP contribution in [0, 0.1) is 5.82 Å². The van der Waals surface area contributed by atoms with Crippen LogP contribution in [0.1, 0.15) is 6.92 Å². The molecule has 0 bridgehead atoms. The molecule has 1 atom stereocenters. The SMILES string of the molecule is C[C@H](N)C(=O)Nc1ccc2c(-c3ccncc3)c(-c3ccc(F)cc3)[nH]c2n1. The fourth-order valence-corrected chi connectivity index (χ4v) is 3.03. The molecule has 0 aliphatic carbocycles. The van der Waals surface area contributed by atoms with Gasteiger partial charge in [-0.25, -0.2) is 9.37 Å². The van der Waals surface area contributed by atoms with Gasteiger partial charge < -0.3 is 16.0 Å². The van der Waals surface area contributed by atoms with Gasteiger partial charge in [0.1, 0.15) is 17.3 Å². The van der Waals surface area contributed by atoms with E-state index in [1.165, 1.54) is 12.1 Å². The van der Waals surface area contributed by atoms with Crippen molar-refractivity contribution in [3.05, 3.63) is 66.7 Å². The van der Waals surface area contributed by atoms with Gasteiger partial charge in [-0.1, -0.05) is 0 Å². The van der Waals surface area contributed by atoms with Gasteiger partial charge in [-0.2, -0.15) is 0 Å². The molecule has 0 aliphatic heterocycles. The summed E-state index contributed by atoms with van der Waals surface area (Å²) < 4.78 is 13.4. The average molecular weight is 375 g/mol. The predicted molar refractivity (Wildman–Crippen MR) is 107 cm³/mol. The predicted octanol–water partition coefficient (Wildman–Crippen LogP) is 3.72. The standard InChI is InChI=1S/C21H18FN5O/c1-12(23)21(28)26-17-7-6-16-18(13-8-10-24-11-9-13)19(27-20(16)25-17)14-2-4-15(22)5-3-14/h2-12H,23H2,1H3,(H2,25,26,27,28)/t12-/m0/s1. The molecule has 3 aromatic heterocycles. The fraction of sp³-hybridized carbons (Fsp3) is 0.0952. The molecule has 4 aromatic rings. The summed E-state index contributed by atoms with van der Waals surface area (Å²) in [4.78, 5) is 23.8. The molecule has 6 nitrogen and oxygen atoms in total. The fourth-order valence-electron chi connectivity index (χ4n) is 3.03. The molecule has 7 heteroatoms. The van der Waals surface area contributed by atoms with Crippen LogP contribution in [0.3, 0.4) is 0 Å². The number of nitrogens with one attached hydrogen (secondary N) is 2. The molecule has 0 aliphatic rings. The maximum Gasteiger partial charge on any atom is 0.242 e. The summed E-state index contributed by atoms with van der Waals surface area (Å²) in [6.45, 7) is 1.61. The number of aromatic nitrogens is 3. The van der Waals surface area contributed by atoms with Crippen molar-refractivity contribution < 1.29 is 9.18 Å². The van der Waals surface area contributed by atoms with Crippen LogP contribution < -0.4 is 11.1 Å². The lowest BCUT2D eigenvalue weighted by atomic mass is 10.00. The highest BCUT2D eigenvalue weighted by Gasteiger charge is 2.17. The molecule has 1 amide bonds. The minimum absolute atomic E-state index is 0.302. The lowest BCUT2D eigenvalue weighted by Crippen LogP contribution is -2.32. The Hall–Kier alpha value is -3.58. The highest BCUT2D eigenvalue weighted by molar-refractivity contribution is 6.03.